The maximum Gasteiger partial charge on any atom is 0.131 e. The molecule has 3 aromatic carbocycles. The normalized spacial score (nSPS) is 11.1. The van der Waals surface area contributed by atoms with Crippen molar-refractivity contribution in [2.45, 2.75) is 26.0 Å². The summed E-state index contributed by atoms with van der Waals surface area (Å²) in [5, 5.41) is 3.82. The van der Waals surface area contributed by atoms with Crippen LogP contribution in [0.25, 0.3) is 11.0 Å². The molecule has 0 unspecified atom stereocenters. The van der Waals surface area contributed by atoms with Crippen LogP contribution in [0.5, 0.6) is 5.75 Å². The Morgan fingerprint density at radius 1 is 1.00 bits per heavy atom. The molecule has 154 valence electrons. The molecule has 4 aromatic rings. The van der Waals surface area contributed by atoms with Crippen molar-refractivity contribution in [3.05, 3.63) is 94.5 Å². The molecule has 0 amide bonds. The second-order valence-corrected chi connectivity index (χ2v) is 7.52. The molecule has 0 saturated carbocycles. The molecule has 0 aliphatic rings. The third kappa shape index (κ3) is 5.17. The molecular weight excluding hydrogens is 401 g/mol. The SMILES string of the molecule is Fc1cccc(Cl)c1COc1ccc(CNCCCc2nc3ccccc3[nH]2)cc1. The number of aromatic nitrogens is 2. The molecular formula is C24H23ClFN3O. The molecule has 1 heterocycles. The first-order valence-corrected chi connectivity index (χ1v) is 10.4. The number of fused-ring (bicyclic) bond motifs is 1. The topological polar surface area (TPSA) is 49.9 Å². The van der Waals surface area contributed by atoms with Gasteiger partial charge in [0.25, 0.3) is 0 Å². The fourth-order valence-corrected chi connectivity index (χ4v) is 3.48. The van der Waals surface area contributed by atoms with Gasteiger partial charge in [0.15, 0.2) is 0 Å². The van der Waals surface area contributed by atoms with Gasteiger partial charge in [-0.2, -0.15) is 0 Å². The van der Waals surface area contributed by atoms with Gasteiger partial charge in [-0.15, -0.1) is 0 Å². The van der Waals surface area contributed by atoms with Crippen LogP contribution in [-0.4, -0.2) is 16.5 Å². The summed E-state index contributed by atoms with van der Waals surface area (Å²) in [7, 11) is 0. The highest BCUT2D eigenvalue weighted by Gasteiger charge is 2.07. The zero-order valence-electron chi connectivity index (χ0n) is 16.5. The van der Waals surface area contributed by atoms with Gasteiger partial charge >= 0.3 is 0 Å². The minimum Gasteiger partial charge on any atom is -0.489 e. The summed E-state index contributed by atoms with van der Waals surface area (Å²) in [6.07, 6.45) is 1.91. The van der Waals surface area contributed by atoms with Crippen LogP contribution < -0.4 is 10.1 Å². The van der Waals surface area contributed by atoms with E-state index in [9.17, 15) is 4.39 Å². The molecule has 0 atom stereocenters. The number of para-hydroxylation sites is 2. The van der Waals surface area contributed by atoms with Gasteiger partial charge in [0, 0.05) is 18.5 Å². The zero-order valence-corrected chi connectivity index (χ0v) is 17.3. The molecule has 6 heteroatoms. The standard InChI is InChI=1S/C24H23ClFN3O/c25-20-5-3-6-21(26)19(20)16-30-18-12-10-17(11-13-18)15-27-14-4-9-24-28-22-7-1-2-8-23(22)29-24/h1-3,5-8,10-13,27H,4,9,14-16H2,(H,28,29). The van der Waals surface area contributed by atoms with E-state index in [1.807, 2.05) is 48.5 Å². The average molecular weight is 424 g/mol. The molecule has 0 radical (unpaired) electrons. The van der Waals surface area contributed by atoms with E-state index in [0.717, 1.165) is 48.4 Å². The summed E-state index contributed by atoms with van der Waals surface area (Å²) in [6.45, 7) is 1.78. The first-order valence-electron chi connectivity index (χ1n) is 9.98. The Hall–Kier alpha value is -2.89. The van der Waals surface area contributed by atoms with Crippen molar-refractivity contribution in [3.8, 4) is 5.75 Å². The Labute approximate surface area is 180 Å². The van der Waals surface area contributed by atoms with Crippen molar-refractivity contribution in [1.82, 2.24) is 15.3 Å². The predicted octanol–water partition coefficient (Wildman–Crippen LogP) is 5.66. The van der Waals surface area contributed by atoms with E-state index in [4.69, 9.17) is 16.3 Å². The number of nitrogens with zero attached hydrogens (tertiary/aromatic N) is 1. The fourth-order valence-electron chi connectivity index (χ4n) is 3.27. The lowest BCUT2D eigenvalue weighted by molar-refractivity contribution is 0.300. The summed E-state index contributed by atoms with van der Waals surface area (Å²) < 4.78 is 19.5. The number of imidazole rings is 1. The molecule has 1 aromatic heterocycles. The third-order valence-corrected chi connectivity index (χ3v) is 5.26. The number of aryl methyl sites for hydroxylation is 1. The molecule has 4 rings (SSSR count). The zero-order chi connectivity index (χ0) is 20.8. The van der Waals surface area contributed by atoms with E-state index in [-0.39, 0.29) is 12.4 Å². The quantitative estimate of drug-likeness (QED) is 0.342. The molecule has 2 N–H and O–H groups in total. The summed E-state index contributed by atoms with van der Waals surface area (Å²) >= 11 is 6.03. The Balaban J connectivity index is 1.19. The van der Waals surface area contributed by atoms with E-state index in [1.165, 1.54) is 6.07 Å². The second-order valence-electron chi connectivity index (χ2n) is 7.11. The van der Waals surface area contributed by atoms with Gasteiger partial charge in [-0.05, 0) is 54.9 Å². The number of nitrogens with one attached hydrogen (secondary N) is 2. The van der Waals surface area contributed by atoms with Crippen LogP contribution in [0.15, 0.2) is 66.7 Å². The minimum absolute atomic E-state index is 0.102. The second kappa shape index (κ2) is 9.74. The fraction of sp³-hybridized carbons (Fsp3) is 0.208. The van der Waals surface area contributed by atoms with Crippen LogP contribution in [0.1, 0.15) is 23.4 Å². The highest BCUT2D eigenvalue weighted by Crippen LogP contribution is 2.21. The molecule has 4 nitrogen and oxygen atoms in total. The molecule has 0 spiro atoms. The highest BCUT2D eigenvalue weighted by atomic mass is 35.5. The van der Waals surface area contributed by atoms with Crippen molar-refractivity contribution in [1.29, 1.82) is 0 Å². The van der Waals surface area contributed by atoms with Gasteiger partial charge in [0.1, 0.15) is 24.0 Å². The average Bonchev–Trinajstić information content (AvgIpc) is 3.17. The Morgan fingerprint density at radius 3 is 2.63 bits per heavy atom. The van der Waals surface area contributed by atoms with E-state index in [0.29, 0.717) is 16.3 Å². The maximum atomic E-state index is 13.8. The number of hydrogen-bond donors (Lipinski definition) is 2. The van der Waals surface area contributed by atoms with Gasteiger partial charge in [-0.1, -0.05) is 41.9 Å². The van der Waals surface area contributed by atoms with Crippen molar-refractivity contribution >= 4 is 22.6 Å². The Morgan fingerprint density at radius 2 is 1.83 bits per heavy atom. The van der Waals surface area contributed by atoms with Crippen LogP contribution >= 0.6 is 11.6 Å². The molecule has 0 aliphatic carbocycles. The van der Waals surface area contributed by atoms with Crippen LogP contribution in [0.2, 0.25) is 5.02 Å². The maximum absolute atomic E-state index is 13.8. The van der Waals surface area contributed by atoms with Crippen LogP contribution in [0, 0.1) is 5.82 Å². The lowest BCUT2D eigenvalue weighted by Crippen LogP contribution is -2.15. The smallest absolute Gasteiger partial charge is 0.131 e. The molecule has 0 bridgehead atoms. The first-order chi connectivity index (χ1) is 14.7. The molecule has 30 heavy (non-hydrogen) atoms. The van der Waals surface area contributed by atoms with Gasteiger partial charge in [0.05, 0.1) is 16.1 Å². The van der Waals surface area contributed by atoms with Gasteiger partial charge in [-0.3, -0.25) is 0 Å². The predicted molar refractivity (Wildman–Crippen MR) is 118 cm³/mol. The van der Waals surface area contributed by atoms with Crippen molar-refractivity contribution in [2.75, 3.05) is 6.54 Å². The van der Waals surface area contributed by atoms with Crippen LogP contribution in [0.4, 0.5) is 4.39 Å². The largest absolute Gasteiger partial charge is 0.489 e. The lowest BCUT2D eigenvalue weighted by atomic mass is 10.2. The van der Waals surface area contributed by atoms with Crippen LogP contribution in [-0.2, 0) is 19.6 Å². The monoisotopic (exact) mass is 423 g/mol. The first kappa shape index (κ1) is 20.4. The summed E-state index contributed by atoms with van der Waals surface area (Å²) in [5.41, 5.74) is 3.63. The molecule has 0 aliphatic heterocycles. The lowest BCUT2D eigenvalue weighted by Gasteiger charge is -2.10. The molecule has 0 saturated heterocycles. The van der Waals surface area contributed by atoms with Gasteiger partial charge in [-0.25, -0.2) is 9.37 Å². The number of H-pyrrole nitrogens is 1. The number of ether oxygens (including phenoxy) is 1. The summed E-state index contributed by atoms with van der Waals surface area (Å²) in [6, 6.07) is 20.5. The Kier molecular flexibility index (Phi) is 6.62. The highest BCUT2D eigenvalue weighted by molar-refractivity contribution is 6.31. The van der Waals surface area contributed by atoms with Crippen molar-refractivity contribution < 1.29 is 9.13 Å². The van der Waals surface area contributed by atoms with Crippen molar-refractivity contribution in [2.24, 2.45) is 0 Å². The number of aromatic amines is 1. The minimum atomic E-state index is -0.356. The van der Waals surface area contributed by atoms with E-state index < -0.39 is 0 Å². The Bertz CT molecular complexity index is 1060. The third-order valence-electron chi connectivity index (χ3n) is 4.90. The van der Waals surface area contributed by atoms with E-state index in [2.05, 4.69) is 15.3 Å². The van der Waals surface area contributed by atoms with E-state index in [1.54, 1.807) is 12.1 Å². The van der Waals surface area contributed by atoms with Gasteiger partial charge in [0.2, 0.25) is 0 Å². The number of rotatable bonds is 9. The number of halogens is 2. The van der Waals surface area contributed by atoms with Crippen LogP contribution in [0.3, 0.4) is 0 Å². The summed E-state index contributed by atoms with van der Waals surface area (Å²) in [4.78, 5) is 7.96. The number of hydrogen-bond acceptors (Lipinski definition) is 3. The van der Waals surface area contributed by atoms with Gasteiger partial charge < -0.3 is 15.0 Å². The number of benzene rings is 3. The summed E-state index contributed by atoms with van der Waals surface area (Å²) in [5.74, 6) is 1.35. The molecule has 0 fully saturated rings. The van der Waals surface area contributed by atoms with Crippen molar-refractivity contribution in [3.63, 3.8) is 0 Å². The van der Waals surface area contributed by atoms with E-state index >= 15 is 0 Å².